The van der Waals surface area contributed by atoms with Gasteiger partial charge < -0.3 is 19.7 Å². The first-order valence-corrected chi connectivity index (χ1v) is 11.3. The number of carbonyl (C=O) groups is 1. The molecular weight excluding hydrogens is 390 g/mol. The van der Waals surface area contributed by atoms with Crippen LogP contribution in [0.5, 0.6) is 11.5 Å². The van der Waals surface area contributed by atoms with E-state index in [1.165, 1.54) is 11.3 Å². The maximum absolute atomic E-state index is 12.0. The molecule has 6 nitrogen and oxygen atoms in total. The molecule has 2 aromatic rings. The summed E-state index contributed by atoms with van der Waals surface area (Å²) in [6, 6.07) is 16.1. The van der Waals surface area contributed by atoms with Crippen LogP contribution in [0.3, 0.4) is 0 Å². The van der Waals surface area contributed by atoms with E-state index in [1.54, 1.807) is 0 Å². The fourth-order valence-corrected chi connectivity index (χ4v) is 3.64. The van der Waals surface area contributed by atoms with Crippen LogP contribution in [0.4, 0.5) is 5.69 Å². The number of rotatable bonds is 11. The molecule has 2 aromatic carbocycles. The van der Waals surface area contributed by atoms with E-state index in [4.69, 9.17) is 9.47 Å². The summed E-state index contributed by atoms with van der Waals surface area (Å²) >= 11 is 0. The molecule has 0 atom stereocenters. The van der Waals surface area contributed by atoms with Gasteiger partial charge >= 0.3 is 0 Å². The third-order valence-corrected chi connectivity index (χ3v) is 5.38. The lowest BCUT2D eigenvalue weighted by Crippen LogP contribution is -2.47. The molecule has 1 saturated heterocycles. The molecule has 0 aliphatic carbocycles. The fraction of sp³-hybridized carbons (Fsp3) is 0.480. The zero-order valence-corrected chi connectivity index (χ0v) is 18.8. The smallest absolute Gasteiger partial charge is 0.257 e. The lowest BCUT2D eigenvalue weighted by atomic mass is 10.2. The van der Waals surface area contributed by atoms with Crippen molar-refractivity contribution in [2.45, 2.75) is 26.7 Å². The van der Waals surface area contributed by atoms with Crippen molar-refractivity contribution < 1.29 is 14.3 Å². The average molecular weight is 426 g/mol. The van der Waals surface area contributed by atoms with E-state index >= 15 is 0 Å². The first-order valence-electron chi connectivity index (χ1n) is 11.3. The Kier molecular flexibility index (Phi) is 9.03. The van der Waals surface area contributed by atoms with Crippen molar-refractivity contribution in [3.05, 3.63) is 54.1 Å². The molecular formula is C25H35N3O3. The van der Waals surface area contributed by atoms with Crippen molar-refractivity contribution >= 4 is 11.6 Å². The van der Waals surface area contributed by atoms with Gasteiger partial charge in [-0.15, -0.1) is 0 Å². The molecule has 1 aliphatic rings. The van der Waals surface area contributed by atoms with Crippen molar-refractivity contribution in [1.29, 1.82) is 0 Å². The van der Waals surface area contributed by atoms with E-state index in [1.807, 2.05) is 24.3 Å². The molecule has 1 aliphatic heterocycles. The Hall–Kier alpha value is -2.73. The SMILES string of the molecule is CCCOc1ccc(OCC(=O)NCCCN2CCN(c3cccc(C)c3)CC2)cc1. The normalized spacial score (nSPS) is 14.3. The Bertz CT molecular complexity index is 802. The van der Waals surface area contributed by atoms with Gasteiger partial charge in [0.05, 0.1) is 6.61 Å². The summed E-state index contributed by atoms with van der Waals surface area (Å²) in [5, 5.41) is 2.95. The first kappa shape index (κ1) is 22.9. The van der Waals surface area contributed by atoms with Crippen LogP contribution in [0.1, 0.15) is 25.3 Å². The van der Waals surface area contributed by atoms with Crippen molar-refractivity contribution in [2.75, 3.05) is 57.4 Å². The zero-order chi connectivity index (χ0) is 21.9. The summed E-state index contributed by atoms with van der Waals surface area (Å²) in [6.45, 7) is 10.8. The molecule has 0 saturated carbocycles. The first-order chi connectivity index (χ1) is 15.1. The molecule has 0 aromatic heterocycles. The van der Waals surface area contributed by atoms with Crippen LogP contribution in [0.15, 0.2) is 48.5 Å². The highest BCUT2D eigenvalue weighted by Gasteiger charge is 2.16. The second-order valence-electron chi connectivity index (χ2n) is 7.98. The van der Waals surface area contributed by atoms with Gasteiger partial charge in [0.2, 0.25) is 0 Å². The van der Waals surface area contributed by atoms with Crippen molar-refractivity contribution in [3.8, 4) is 11.5 Å². The maximum Gasteiger partial charge on any atom is 0.257 e. The molecule has 6 heteroatoms. The largest absolute Gasteiger partial charge is 0.494 e. The number of hydrogen-bond acceptors (Lipinski definition) is 5. The average Bonchev–Trinajstić information content (AvgIpc) is 2.80. The number of piperazine rings is 1. The number of aryl methyl sites for hydroxylation is 1. The second kappa shape index (κ2) is 12.2. The molecule has 1 fully saturated rings. The van der Waals surface area contributed by atoms with Gasteiger partial charge in [0, 0.05) is 38.4 Å². The number of anilines is 1. The minimum Gasteiger partial charge on any atom is -0.494 e. The minimum atomic E-state index is -0.0874. The molecule has 1 amide bonds. The van der Waals surface area contributed by atoms with Crippen molar-refractivity contribution in [1.82, 2.24) is 10.2 Å². The standard InChI is InChI=1S/C25H35N3O3/c1-3-18-30-23-8-10-24(11-9-23)31-20-25(29)26-12-5-13-27-14-16-28(17-15-27)22-7-4-6-21(2)19-22/h4,6-11,19H,3,5,12-18,20H2,1-2H3,(H,26,29). The van der Waals surface area contributed by atoms with Gasteiger partial charge in [0.1, 0.15) is 11.5 Å². The van der Waals surface area contributed by atoms with Gasteiger partial charge in [0.25, 0.3) is 5.91 Å². The summed E-state index contributed by atoms with van der Waals surface area (Å²) in [5.41, 5.74) is 2.62. The Morgan fingerprint density at radius 3 is 2.39 bits per heavy atom. The number of nitrogens with zero attached hydrogens (tertiary/aromatic N) is 2. The van der Waals surface area contributed by atoms with E-state index in [9.17, 15) is 4.79 Å². The molecule has 1 N–H and O–H groups in total. The van der Waals surface area contributed by atoms with Crippen LogP contribution in [0.2, 0.25) is 0 Å². The number of benzene rings is 2. The van der Waals surface area contributed by atoms with E-state index in [2.05, 4.69) is 53.2 Å². The number of hydrogen-bond donors (Lipinski definition) is 1. The Labute approximate surface area is 186 Å². The summed E-state index contributed by atoms with van der Waals surface area (Å²) < 4.78 is 11.1. The van der Waals surface area contributed by atoms with Crippen LogP contribution in [-0.4, -0.2) is 63.3 Å². The number of nitrogens with one attached hydrogen (secondary N) is 1. The predicted molar refractivity (Wildman–Crippen MR) is 125 cm³/mol. The van der Waals surface area contributed by atoms with E-state index in [0.29, 0.717) is 18.9 Å². The van der Waals surface area contributed by atoms with Crippen molar-refractivity contribution in [2.24, 2.45) is 0 Å². The molecule has 0 unspecified atom stereocenters. The van der Waals surface area contributed by atoms with Gasteiger partial charge in [-0.1, -0.05) is 19.1 Å². The molecule has 168 valence electrons. The van der Waals surface area contributed by atoms with Crippen LogP contribution in [-0.2, 0) is 4.79 Å². The molecule has 1 heterocycles. The lowest BCUT2D eigenvalue weighted by molar-refractivity contribution is -0.123. The summed E-state index contributed by atoms with van der Waals surface area (Å²) in [4.78, 5) is 16.9. The predicted octanol–water partition coefficient (Wildman–Crippen LogP) is 3.49. The van der Waals surface area contributed by atoms with Gasteiger partial charge in [-0.05, 0) is 68.3 Å². The number of amides is 1. The highest BCUT2D eigenvalue weighted by molar-refractivity contribution is 5.77. The lowest BCUT2D eigenvalue weighted by Gasteiger charge is -2.36. The third kappa shape index (κ3) is 7.79. The van der Waals surface area contributed by atoms with Gasteiger partial charge in [-0.3, -0.25) is 9.69 Å². The molecule has 3 rings (SSSR count). The van der Waals surface area contributed by atoms with Crippen LogP contribution >= 0.6 is 0 Å². The maximum atomic E-state index is 12.0. The van der Waals surface area contributed by atoms with E-state index in [-0.39, 0.29) is 12.5 Å². The fourth-order valence-electron chi connectivity index (χ4n) is 3.64. The van der Waals surface area contributed by atoms with Crippen molar-refractivity contribution in [3.63, 3.8) is 0 Å². The molecule has 0 radical (unpaired) electrons. The van der Waals surface area contributed by atoms with Crippen LogP contribution in [0, 0.1) is 6.92 Å². The van der Waals surface area contributed by atoms with E-state index < -0.39 is 0 Å². The second-order valence-corrected chi connectivity index (χ2v) is 7.98. The van der Waals surface area contributed by atoms with Gasteiger partial charge in [-0.2, -0.15) is 0 Å². The number of ether oxygens (including phenoxy) is 2. The summed E-state index contributed by atoms with van der Waals surface area (Å²) in [6.07, 6.45) is 1.92. The molecule has 0 spiro atoms. The zero-order valence-electron chi connectivity index (χ0n) is 18.8. The highest BCUT2D eigenvalue weighted by Crippen LogP contribution is 2.18. The number of carbonyl (C=O) groups excluding carboxylic acids is 1. The molecule has 31 heavy (non-hydrogen) atoms. The monoisotopic (exact) mass is 425 g/mol. The Morgan fingerprint density at radius 2 is 1.71 bits per heavy atom. The highest BCUT2D eigenvalue weighted by atomic mass is 16.5. The van der Waals surface area contributed by atoms with Crippen LogP contribution < -0.4 is 19.7 Å². The van der Waals surface area contributed by atoms with Gasteiger partial charge in [-0.25, -0.2) is 0 Å². The molecule has 0 bridgehead atoms. The quantitative estimate of drug-likeness (QED) is 0.559. The van der Waals surface area contributed by atoms with Gasteiger partial charge in [0.15, 0.2) is 6.61 Å². The third-order valence-electron chi connectivity index (χ3n) is 5.38. The summed E-state index contributed by atoms with van der Waals surface area (Å²) in [5.74, 6) is 1.40. The van der Waals surface area contributed by atoms with Crippen LogP contribution in [0.25, 0.3) is 0 Å². The minimum absolute atomic E-state index is 0.0321. The Balaban J connectivity index is 1.26. The summed E-state index contributed by atoms with van der Waals surface area (Å²) in [7, 11) is 0. The van der Waals surface area contributed by atoms with E-state index in [0.717, 1.165) is 51.3 Å². The Morgan fingerprint density at radius 1 is 1.00 bits per heavy atom. The topological polar surface area (TPSA) is 54.0 Å².